The fourth-order valence-electron chi connectivity index (χ4n) is 1.61. The molecule has 0 aromatic heterocycles. The number of aliphatic carboxylic acids is 1. The predicted molar refractivity (Wildman–Crippen MR) is 69.6 cm³/mol. The highest BCUT2D eigenvalue weighted by Gasteiger charge is 2.07. The molecule has 0 aliphatic carbocycles. The van der Waals surface area contributed by atoms with Gasteiger partial charge >= 0.3 is 5.97 Å². The number of carboxylic acid groups (broad SMARTS) is 1. The zero-order valence-electron chi connectivity index (χ0n) is 10.3. The fourth-order valence-corrected chi connectivity index (χ4v) is 1.61. The molecule has 0 heterocycles. The third kappa shape index (κ3) is 5.03. The zero-order chi connectivity index (χ0) is 14.1. The first-order valence-corrected chi connectivity index (χ1v) is 5.62. The Hall–Kier alpha value is -2.63. The van der Waals surface area contributed by atoms with Crippen LogP contribution in [-0.4, -0.2) is 29.1 Å². The monoisotopic (exact) mass is 255 g/mol. The molecule has 1 N–H and O–H groups in total. The summed E-state index contributed by atoms with van der Waals surface area (Å²) in [4.78, 5) is 12.2. The van der Waals surface area contributed by atoms with Crippen molar-refractivity contribution in [3.05, 3.63) is 41.5 Å². The summed E-state index contributed by atoms with van der Waals surface area (Å²) in [6, 6.07) is 11.3. The number of carboxylic acids is 1. The molecular weight excluding hydrogens is 242 g/mol. The van der Waals surface area contributed by atoms with Crippen molar-refractivity contribution >= 4 is 12.0 Å². The molecule has 0 saturated carbocycles. The van der Waals surface area contributed by atoms with Crippen molar-refractivity contribution in [1.82, 2.24) is 4.90 Å². The predicted octanol–water partition coefficient (Wildman–Crippen LogP) is 1.63. The first-order chi connectivity index (χ1) is 9.17. The van der Waals surface area contributed by atoms with Crippen molar-refractivity contribution in [2.45, 2.75) is 6.54 Å². The highest BCUT2D eigenvalue weighted by molar-refractivity contribution is 5.85. The Morgan fingerprint density at radius 2 is 1.89 bits per heavy atom. The molecule has 0 bridgehead atoms. The third-order valence-corrected chi connectivity index (χ3v) is 2.44. The summed E-state index contributed by atoms with van der Waals surface area (Å²) in [7, 11) is 0. The minimum absolute atomic E-state index is 0.157. The van der Waals surface area contributed by atoms with E-state index in [0.717, 1.165) is 17.2 Å². The van der Waals surface area contributed by atoms with E-state index in [-0.39, 0.29) is 13.1 Å². The maximum atomic E-state index is 10.5. The first-order valence-electron chi connectivity index (χ1n) is 5.62. The maximum absolute atomic E-state index is 10.5. The van der Waals surface area contributed by atoms with E-state index < -0.39 is 5.97 Å². The van der Waals surface area contributed by atoms with Gasteiger partial charge in [-0.3, -0.25) is 4.90 Å². The van der Waals surface area contributed by atoms with Gasteiger partial charge in [0.25, 0.3) is 0 Å². The molecule has 5 heteroatoms. The van der Waals surface area contributed by atoms with Gasteiger partial charge in [0.05, 0.1) is 25.2 Å². The van der Waals surface area contributed by atoms with E-state index >= 15 is 0 Å². The Bertz CT molecular complexity index is 537. The van der Waals surface area contributed by atoms with E-state index in [0.29, 0.717) is 6.54 Å². The van der Waals surface area contributed by atoms with Crippen LogP contribution in [0.15, 0.2) is 30.3 Å². The number of nitriles is 2. The molecule has 96 valence electrons. The summed E-state index contributed by atoms with van der Waals surface area (Å²) in [6.07, 6.45) is 2.58. The standard InChI is InChI=1S/C14H13N3O2/c15-7-9-17(10-8-16)11-13-4-2-1-3-12(13)5-6-14(18)19/h1-6H,9-11H2,(H,18,19)/b6-5+. The zero-order valence-corrected chi connectivity index (χ0v) is 10.3. The Morgan fingerprint density at radius 3 is 2.47 bits per heavy atom. The van der Waals surface area contributed by atoms with Gasteiger partial charge in [0, 0.05) is 12.6 Å². The van der Waals surface area contributed by atoms with E-state index in [1.807, 2.05) is 30.3 Å². The highest BCUT2D eigenvalue weighted by atomic mass is 16.4. The van der Waals surface area contributed by atoms with Gasteiger partial charge in [-0.05, 0) is 17.2 Å². The number of hydrogen-bond donors (Lipinski definition) is 1. The van der Waals surface area contributed by atoms with Crippen LogP contribution in [0.2, 0.25) is 0 Å². The first kappa shape index (κ1) is 14.4. The molecule has 1 aromatic rings. The second-order valence-corrected chi connectivity index (χ2v) is 3.83. The molecule has 0 aliphatic heterocycles. The van der Waals surface area contributed by atoms with E-state index in [2.05, 4.69) is 0 Å². The smallest absolute Gasteiger partial charge is 0.328 e. The van der Waals surface area contributed by atoms with Crippen LogP contribution < -0.4 is 0 Å². The van der Waals surface area contributed by atoms with E-state index in [1.54, 1.807) is 11.0 Å². The van der Waals surface area contributed by atoms with Crippen LogP contribution in [0.25, 0.3) is 6.08 Å². The molecule has 0 radical (unpaired) electrons. The molecule has 5 nitrogen and oxygen atoms in total. The number of nitrogens with zero attached hydrogens (tertiary/aromatic N) is 3. The van der Waals surface area contributed by atoms with Gasteiger partial charge in [-0.2, -0.15) is 10.5 Å². The number of hydrogen-bond acceptors (Lipinski definition) is 4. The molecule has 0 unspecified atom stereocenters. The van der Waals surface area contributed by atoms with Crippen LogP contribution in [0, 0.1) is 22.7 Å². The van der Waals surface area contributed by atoms with Crippen LogP contribution in [0.1, 0.15) is 11.1 Å². The quantitative estimate of drug-likeness (QED) is 0.616. The van der Waals surface area contributed by atoms with Gasteiger partial charge in [-0.15, -0.1) is 0 Å². The summed E-state index contributed by atoms with van der Waals surface area (Å²) in [5.74, 6) is -1.01. The molecule has 1 rings (SSSR count). The molecule has 1 aromatic carbocycles. The molecule has 0 aliphatic rings. The minimum atomic E-state index is -1.01. The van der Waals surface area contributed by atoms with Gasteiger partial charge in [0.15, 0.2) is 0 Å². The Balaban J connectivity index is 2.91. The second kappa shape index (κ2) is 7.65. The van der Waals surface area contributed by atoms with Crippen molar-refractivity contribution in [1.29, 1.82) is 10.5 Å². The lowest BCUT2D eigenvalue weighted by Gasteiger charge is -2.16. The summed E-state index contributed by atoms with van der Waals surface area (Å²) in [6.45, 7) is 0.746. The number of benzene rings is 1. The normalized spacial score (nSPS) is 10.3. The van der Waals surface area contributed by atoms with Crippen LogP contribution in [0.5, 0.6) is 0 Å². The molecule has 0 amide bonds. The lowest BCUT2D eigenvalue weighted by molar-refractivity contribution is -0.131. The SMILES string of the molecule is N#CCN(CC#N)Cc1ccccc1/C=C/C(=O)O. The Kier molecular flexibility index (Phi) is 5.81. The average molecular weight is 255 g/mol. The Morgan fingerprint density at radius 1 is 1.26 bits per heavy atom. The second-order valence-electron chi connectivity index (χ2n) is 3.83. The largest absolute Gasteiger partial charge is 0.478 e. The van der Waals surface area contributed by atoms with Gasteiger partial charge in [0.1, 0.15) is 0 Å². The molecule has 0 saturated heterocycles. The summed E-state index contributed by atoms with van der Waals surface area (Å²) >= 11 is 0. The van der Waals surface area contributed by atoms with Crippen molar-refractivity contribution in [3.63, 3.8) is 0 Å². The van der Waals surface area contributed by atoms with Crippen molar-refractivity contribution in [3.8, 4) is 12.1 Å². The molecule has 0 atom stereocenters. The fraction of sp³-hybridized carbons (Fsp3) is 0.214. The van der Waals surface area contributed by atoms with Crippen molar-refractivity contribution in [2.24, 2.45) is 0 Å². The highest BCUT2D eigenvalue weighted by Crippen LogP contribution is 2.13. The van der Waals surface area contributed by atoms with Gasteiger partial charge in [-0.25, -0.2) is 4.79 Å². The van der Waals surface area contributed by atoms with Crippen LogP contribution >= 0.6 is 0 Å². The Labute approximate surface area is 111 Å². The van der Waals surface area contributed by atoms with Crippen LogP contribution in [-0.2, 0) is 11.3 Å². The lowest BCUT2D eigenvalue weighted by atomic mass is 10.1. The van der Waals surface area contributed by atoms with Crippen LogP contribution in [0.3, 0.4) is 0 Å². The van der Waals surface area contributed by atoms with Crippen molar-refractivity contribution in [2.75, 3.05) is 13.1 Å². The van der Waals surface area contributed by atoms with E-state index in [4.69, 9.17) is 15.6 Å². The van der Waals surface area contributed by atoms with Crippen molar-refractivity contribution < 1.29 is 9.90 Å². The van der Waals surface area contributed by atoms with Gasteiger partial charge in [0.2, 0.25) is 0 Å². The van der Waals surface area contributed by atoms with E-state index in [1.165, 1.54) is 6.08 Å². The topological polar surface area (TPSA) is 88.1 Å². The molecule has 0 spiro atoms. The summed E-state index contributed by atoms with van der Waals surface area (Å²) in [5, 5.41) is 26.0. The number of carbonyl (C=O) groups is 1. The van der Waals surface area contributed by atoms with Gasteiger partial charge < -0.3 is 5.11 Å². The van der Waals surface area contributed by atoms with E-state index in [9.17, 15) is 4.79 Å². The lowest BCUT2D eigenvalue weighted by Crippen LogP contribution is -2.24. The summed E-state index contributed by atoms with van der Waals surface area (Å²) in [5.41, 5.74) is 1.65. The molecule has 0 fully saturated rings. The molecular formula is C14H13N3O2. The maximum Gasteiger partial charge on any atom is 0.328 e. The van der Waals surface area contributed by atoms with Gasteiger partial charge in [-0.1, -0.05) is 24.3 Å². The minimum Gasteiger partial charge on any atom is -0.478 e. The molecule has 19 heavy (non-hydrogen) atoms. The average Bonchev–Trinajstić information content (AvgIpc) is 2.38. The third-order valence-electron chi connectivity index (χ3n) is 2.44. The van der Waals surface area contributed by atoms with Crippen LogP contribution in [0.4, 0.5) is 0 Å². The number of rotatable bonds is 6. The summed E-state index contributed by atoms with van der Waals surface area (Å²) < 4.78 is 0.